The number of pyridine rings is 1. The zero-order valence-electron chi connectivity index (χ0n) is 10.2. The van der Waals surface area contributed by atoms with Gasteiger partial charge in [0, 0.05) is 0 Å². The highest BCUT2D eigenvalue weighted by molar-refractivity contribution is 9.10. The van der Waals surface area contributed by atoms with Gasteiger partial charge in [0.05, 0.1) is 16.3 Å². The van der Waals surface area contributed by atoms with E-state index in [9.17, 15) is 18.0 Å². The van der Waals surface area contributed by atoms with E-state index in [-0.39, 0.29) is 16.4 Å². The van der Waals surface area contributed by atoms with Gasteiger partial charge in [0.25, 0.3) is 5.91 Å². The molecule has 0 unspecified atom stereocenters. The summed E-state index contributed by atoms with van der Waals surface area (Å²) in [5.41, 5.74) is -0.972. The maximum absolute atomic E-state index is 12.6. The molecule has 2 rings (SSSR count). The fourth-order valence-electron chi connectivity index (χ4n) is 1.52. The normalized spacial score (nSPS) is 11.3. The first-order valence-electron chi connectivity index (χ1n) is 5.58. The van der Waals surface area contributed by atoms with Gasteiger partial charge in [0.2, 0.25) is 0 Å². The van der Waals surface area contributed by atoms with Crippen molar-refractivity contribution < 1.29 is 18.0 Å². The Kier molecular flexibility index (Phi) is 4.53. The van der Waals surface area contributed by atoms with E-state index in [0.717, 1.165) is 18.2 Å². The fourth-order valence-corrected chi connectivity index (χ4v) is 2.03. The molecule has 2 aromatic rings. The van der Waals surface area contributed by atoms with Crippen LogP contribution < -0.4 is 5.32 Å². The molecule has 21 heavy (non-hydrogen) atoms. The summed E-state index contributed by atoms with van der Waals surface area (Å²) in [6.45, 7) is 0. The summed E-state index contributed by atoms with van der Waals surface area (Å²) in [5, 5.41) is 2.32. The quantitative estimate of drug-likeness (QED) is 0.764. The Morgan fingerprint density at radius 1 is 1.24 bits per heavy atom. The minimum atomic E-state index is -4.52. The van der Waals surface area contributed by atoms with Crippen LogP contribution in [0.2, 0.25) is 5.02 Å². The average molecular weight is 380 g/mol. The molecule has 0 radical (unpaired) electrons. The Hall–Kier alpha value is -1.60. The molecule has 0 spiro atoms. The van der Waals surface area contributed by atoms with E-state index in [4.69, 9.17) is 11.6 Å². The first-order chi connectivity index (χ1) is 9.77. The van der Waals surface area contributed by atoms with Crippen molar-refractivity contribution in [3.05, 3.63) is 57.3 Å². The molecule has 8 heteroatoms. The summed E-state index contributed by atoms with van der Waals surface area (Å²) in [6, 6.07) is 7.33. The number of alkyl halides is 3. The van der Waals surface area contributed by atoms with E-state index in [2.05, 4.69) is 26.2 Å². The zero-order valence-corrected chi connectivity index (χ0v) is 12.6. The Labute approximate surface area is 131 Å². The third-order valence-electron chi connectivity index (χ3n) is 2.49. The fraction of sp³-hybridized carbons (Fsp3) is 0.0769. The second kappa shape index (κ2) is 6.03. The number of aromatic nitrogens is 1. The van der Waals surface area contributed by atoms with Gasteiger partial charge in [-0.2, -0.15) is 13.2 Å². The van der Waals surface area contributed by atoms with Crippen molar-refractivity contribution >= 4 is 39.1 Å². The summed E-state index contributed by atoms with van der Waals surface area (Å²) in [6.07, 6.45) is -4.52. The van der Waals surface area contributed by atoms with Crippen molar-refractivity contribution in [2.75, 3.05) is 5.32 Å². The maximum Gasteiger partial charge on any atom is 0.416 e. The summed E-state index contributed by atoms with van der Waals surface area (Å²) < 4.78 is 38.4. The number of anilines is 1. The lowest BCUT2D eigenvalue weighted by Gasteiger charge is -2.11. The van der Waals surface area contributed by atoms with Gasteiger partial charge in [-0.15, -0.1) is 0 Å². The van der Waals surface area contributed by atoms with Gasteiger partial charge in [-0.1, -0.05) is 17.7 Å². The molecule has 0 fully saturated rings. The van der Waals surface area contributed by atoms with E-state index in [0.29, 0.717) is 4.60 Å². The van der Waals surface area contributed by atoms with Gasteiger partial charge in [-0.05, 0) is 46.3 Å². The smallest absolute Gasteiger partial charge is 0.319 e. The van der Waals surface area contributed by atoms with E-state index in [1.165, 1.54) is 6.07 Å². The number of hydrogen-bond acceptors (Lipinski definition) is 2. The van der Waals surface area contributed by atoms with E-state index in [1.807, 2.05) is 0 Å². The molecule has 0 aliphatic rings. The molecule has 0 atom stereocenters. The number of hydrogen-bond donors (Lipinski definition) is 1. The summed E-state index contributed by atoms with van der Waals surface area (Å²) in [4.78, 5) is 15.9. The highest BCUT2D eigenvalue weighted by Gasteiger charge is 2.31. The molecular weight excluding hydrogens is 373 g/mol. The standard InChI is InChI=1S/C13H7BrClF3N2O/c14-11-3-1-2-9(19-11)12(21)20-10-6-7(13(16,17)18)4-5-8(10)15/h1-6H,(H,20,21). The molecule has 1 N–H and O–H groups in total. The van der Waals surface area contributed by atoms with Gasteiger partial charge in [0.15, 0.2) is 0 Å². The first kappa shape index (κ1) is 15.8. The highest BCUT2D eigenvalue weighted by atomic mass is 79.9. The Morgan fingerprint density at radius 3 is 2.57 bits per heavy atom. The second-order valence-corrected chi connectivity index (χ2v) is 5.21. The van der Waals surface area contributed by atoms with Crippen LogP contribution in [0, 0.1) is 0 Å². The number of amides is 1. The van der Waals surface area contributed by atoms with Crippen molar-refractivity contribution in [1.82, 2.24) is 4.98 Å². The van der Waals surface area contributed by atoms with Crippen LogP contribution in [-0.2, 0) is 6.18 Å². The number of rotatable bonds is 2. The Bertz CT molecular complexity index is 691. The summed E-state index contributed by atoms with van der Waals surface area (Å²) in [7, 11) is 0. The van der Waals surface area contributed by atoms with Crippen molar-refractivity contribution in [3.63, 3.8) is 0 Å². The lowest BCUT2D eigenvalue weighted by atomic mass is 10.2. The Balaban J connectivity index is 2.29. The lowest BCUT2D eigenvalue weighted by Crippen LogP contribution is -2.15. The molecule has 0 saturated heterocycles. The van der Waals surface area contributed by atoms with Gasteiger partial charge in [-0.3, -0.25) is 4.79 Å². The molecule has 0 saturated carbocycles. The van der Waals surface area contributed by atoms with Gasteiger partial charge >= 0.3 is 6.18 Å². The van der Waals surface area contributed by atoms with Crippen LogP contribution >= 0.6 is 27.5 Å². The molecule has 3 nitrogen and oxygen atoms in total. The van der Waals surface area contributed by atoms with Gasteiger partial charge in [-0.25, -0.2) is 4.98 Å². The first-order valence-corrected chi connectivity index (χ1v) is 6.75. The third-order valence-corrected chi connectivity index (χ3v) is 3.26. The monoisotopic (exact) mass is 378 g/mol. The molecule has 0 aliphatic carbocycles. The molecule has 1 aromatic heterocycles. The minimum absolute atomic E-state index is 0.00588. The molecule has 1 heterocycles. The zero-order chi connectivity index (χ0) is 15.6. The number of nitrogens with one attached hydrogen (secondary N) is 1. The van der Waals surface area contributed by atoms with Gasteiger partial charge in [0.1, 0.15) is 10.3 Å². The van der Waals surface area contributed by atoms with Crippen LogP contribution in [0.3, 0.4) is 0 Å². The van der Waals surface area contributed by atoms with E-state index >= 15 is 0 Å². The van der Waals surface area contributed by atoms with E-state index < -0.39 is 17.6 Å². The van der Waals surface area contributed by atoms with Crippen molar-refractivity contribution in [2.24, 2.45) is 0 Å². The Morgan fingerprint density at radius 2 is 1.95 bits per heavy atom. The number of nitrogens with zero attached hydrogens (tertiary/aromatic N) is 1. The van der Waals surface area contributed by atoms with Crippen molar-refractivity contribution in [2.45, 2.75) is 6.18 Å². The summed E-state index contributed by atoms with van der Waals surface area (Å²) in [5.74, 6) is -0.655. The average Bonchev–Trinajstić information content (AvgIpc) is 2.40. The third kappa shape index (κ3) is 3.95. The SMILES string of the molecule is O=C(Nc1cc(C(F)(F)F)ccc1Cl)c1cccc(Br)n1. The largest absolute Gasteiger partial charge is 0.416 e. The molecule has 0 bridgehead atoms. The van der Waals surface area contributed by atoms with Gasteiger partial charge < -0.3 is 5.32 Å². The molecular formula is C13H7BrClF3N2O. The lowest BCUT2D eigenvalue weighted by molar-refractivity contribution is -0.137. The highest BCUT2D eigenvalue weighted by Crippen LogP contribution is 2.33. The molecule has 1 amide bonds. The second-order valence-electron chi connectivity index (χ2n) is 3.99. The number of carbonyl (C=O) groups excluding carboxylic acids is 1. The topological polar surface area (TPSA) is 42.0 Å². The predicted molar refractivity (Wildman–Crippen MR) is 76.3 cm³/mol. The number of carbonyl (C=O) groups is 1. The minimum Gasteiger partial charge on any atom is -0.319 e. The summed E-state index contributed by atoms with van der Waals surface area (Å²) >= 11 is 8.90. The number of halogens is 5. The number of benzene rings is 1. The van der Waals surface area contributed by atoms with E-state index in [1.54, 1.807) is 12.1 Å². The van der Waals surface area contributed by atoms with Crippen molar-refractivity contribution in [1.29, 1.82) is 0 Å². The van der Waals surface area contributed by atoms with Crippen LogP contribution in [0.4, 0.5) is 18.9 Å². The molecule has 1 aromatic carbocycles. The molecule has 110 valence electrons. The maximum atomic E-state index is 12.6. The van der Waals surface area contributed by atoms with Crippen LogP contribution in [0.5, 0.6) is 0 Å². The van der Waals surface area contributed by atoms with Crippen LogP contribution in [0.25, 0.3) is 0 Å². The van der Waals surface area contributed by atoms with Crippen LogP contribution in [0.15, 0.2) is 41.0 Å². The van der Waals surface area contributed by atoms with Crippen LogP contribution in [0.1, 0.15) is 16.1 Å². The van der Waals surface area contributed by atoms with Crippen LogP contribution in [-0.4, -0.2) is 10.9 Å². The van der Waals surface area contributed by atoms with Crippen molar-refractivity contribution in [3.8, 4) is 0 Å². The molecule has 0 aliphatic heterocycles. The predicted octanol–water partition coefficient (Wildman–Crippen LogP) is 4.77.